The zero-order valence-corrected chi connectivity index (χ0v) is 16.9. The highest BCUT2D eigenvalue weighted by atomic mass is 19.1. The quantitative estimate of drug-likeness (QED) is 0.695. The van der Waals surface area contributed by atoms with E-state index in [1.54, 1.807) is 0 Å². The number of fused-ring (bicyclic) bond motifs is 1. The van der Waals surface area contributed by atoms with Gasteiger partial charge < -0.3 is 19.9 Å². The van der Waals surface area contributed by atoms with Crippen LogP contribution in [-0.4, -0.2) is 54.9 Å². The topological polar surface area (TPSA) is 109 Å². The molecule has 10 heteroatoms. The van der Waals surface area contributed by atoms with Crippen LogP contribution >= 0.6 is 0 Å². The number of nitrogens with two attached hydrogens (primary N) is 1. The molecular weight excluding hydrogens is 410 g/mol. The summed E-state index contributed by atoms with van der Waals surface area (Å²) in [5.41, 5.74) is 4.88. The van der Waals surface area contributed by atoms with E-state index in [0.717, 1.165) is 0 Å². The maximum atomic E-state index is 14.9. The number of Topliss-reactive ketones (excluding diaryl/α,β-unsaturated/α-hetero) is 1. The third-order valence-electron chi connectivity index (χ3n) is 5.68. The number of methoxy groups -OCH3 is 1. The monoisotopic (exact) mass is 432 g/mol. The number of rotatable bonds is 6. The summed E-state index contributed by atoms with van der Waals surface area (Å²) in [6, 6.07) is 3.95. The van der Waals surface area contributed by atoms with Crippen molar-refractivity contribution in [2.45, 2.75) is 24.5 Å². The first kappa shape index (κ1) is 21.1. The molecule has 0 unspecified atom stereocenters. The second-order valence-electron chi connectivity index (χ2n) is 7.49. The largest absolute Gasteiger partial charge is 0.480 e. The molecule has 3 atom stereocenters. The molecule has 3 heterocycles. The van der Waals surface area contributed by atoms with E-state index < -0.39 is 30.1 Å². The number of nitrogens with zero attached hydrogens (tertiary/aromatic N) is 3. The van der Waals surface area contributed by atoms with Crippen LogP contribution in [0.2, 0.25) is 0 Å². The van der Waals surface area contributed by atoms with Crippen LogP contribution in [0.3, 0.4) is 0 Å². The van der Waals surface area contributed by atoms with Crippen LogP contribution in [0.15, 0.2) is 35.6 Å². The van der Waals surface area contributed by atoms with Crippen molar-refractivity contribution in [1.29, 1.82) is 0 Å². The maximum Gasteiger partial charge on any atom is 0.283 e. The molecule has 1 aromatic carbocycles. The molecule has 0 amide bonds. The van der Waals surface area contributed by atoms with Crippen molar-refractivity contribution in [3.8, 4) is 5.88 Å². The Morgan fingerprint density at radius 2 is 2.19 bits per heavy atom. The van der Waals surface area contributed by atoms with E-state index in [1.807, 2.05) is 0 Å². The van der Waals surface area contributed by atoms with E-state index in [-0.39, 0.29) is 42.0 Å². The molecule has 2 aliphatic heterocycles. The first-order chi connectivity index (χ1) is 15.0. The van der Waals surface area contributed by atoms with Crippen molar-refractivity contribution in [3.05, 3.63) is 53.2 Å². The van der Waals surface area contributed by atoms with Gasteiger partial charge in [-0.25, -0.2) is 23.7 Å². The fraction of sp³-hybridized carbons (Fsp3) is 0.429. The third-order valence-corrected chi connectivity index (χ3v) is 5.68. The number of amidine groups is 1. The Morgan fingerprint density at radius 3 is 2.90 bits per heavy atom. The van der Waals surface area contributed by atoms with Gasteiger partial charge in [0.15, 0.2) is 5.78 Å². The van der Waals surface area contributed by atoms with Crippen LogP contribution < -0.4 is 10.5 Å². The van der Waals surface area contributed by atoms with Crippen molar-refractivity contribution < 1.29 is 27.8 Å². The lowest BCUT2D eigenvalue weighted by Crippen LogP contribution is -2.54. The third kappa shape index (κ3) is 3.95. The Balaban J connectivity index is 1.67. The van der Waals surface area contributed by atoms with Gasteiger partial charge in [0.2, 0.25) is 5.88 Å². The number of ether oxygens (including phenoxy) is 3. The number of aromatic nitrogens is 2. The predicted octanol–water partition coefficient (Wildman–Crippen LogP) is 1.96. The Bertz CT molecular complexity index is 1000. The standard InChI is InChI=1S/C21H22F2N4O4/c1-29-19-9-25-16(8-26-19)17(28)7-12-2-3-15(23)13(6-12)21(11-22)14-10-30-5-4-18(14)31-20(24)27-21/h2-3,6,8-9,14,18H,4-5,7,10-11H2,1H3,(H2,24,27)/t14-,18+,21+/m0/s1. The summed E-state index contributed by atoms with van der Waals surface area (Å²) >= 11 is 0. The molecule has 2 aliphatic rings. The molecule has 8 nitrogen and oxygen atoms in total. The SMILES string of the molecule is COc1cnc(C(=O)Cc2ccc(F)c([C@@]3(CF)N=C(N)O[C@@H]4CCOC[C@@H]43)c2)cn1. The van der Waals surface area contributed by atoms with Crippen LogP contribution in [0, 0.1) is 11.7 Å². The minimum Gasteiger partial charge on any atom is -0.480 e. The Kier molecular flexibility index (Phi) is 5.81. The molecule has 1 aromatic heterocycles. The van der Waals surface area contributed by atoms with E-state index in [4.69, 9.17) is 19.9 Å². The number of carbonyl (C=O) groups is 1. The van der Waals surface area contributed by atoms with Crippen molar-refractivity contribution in [2.24, 2.45) is 16.6 Å². The van der Waals surface area contributed by atoms with E-state index in [2.05, 4.69) is 15.0 Å². The van der Waals surface area contributed by atoms with Crippen molar-refractivity contribution in [1.82, 2.24) is 9.97 Å². The van der Waals surface area contributed by atoms with Crippen LogP contribution in [-0.2, 0) is 21.4 Å². The molecule has 4 rings (SSSR count). The summed E-state index contributed by atoms with van der Waals surface area (Å²) in [6.45, 7) is -0.383. The first-order valence-corrected chi connectivity index (χ1v) is 9.80. The second-order valence-corrected chi connectivity index (χ2v) is 7.49. The van der Waals surface area contributed by atoms with Gasteiger partial charge in [-0.05, 0) is 17.7 Å². The van der Waals surface area contributed by atoms with Gasteiger partial charge in [-0.3, -0.25) is 4.79 Å². The molecule has 1 fully saturated rings. The zero-order valence-electron chi connectivity index (χ0n) is 16.9. The smallest absolute Gasteiger partial charge is 0.283 e. The van der Waals surface area contributed by atoms with Crippen molar-refractivity contribution >= 4 is 11.8 Å². The minimum atomic E-state index is -1.59. The molecule has 2 N–H and O–H groups in total. The van der Waals surface area contributed by atoms with Crippen molar-refractivity contribution in [2.75, 3.05) is 27.0 Å². The van der Waals surface area contributed by atoms with Crippen LogP contribution in [0.25, 0.3) is 0 Å². The number of halogens is 2. The molecule has 164 valence electrons. The highest BCUT2D eigenvalue weighted by Gasteiger charge is 2.51. The van der Waals surface area contributed by atoms with Gasteiger partial charge in [-0.2, -0.15) is 0 Å². The van der Waals surface area contributed by atoms with Crippen LogP contribution in [0.5, 0.6) is 5.88 Å². The van der Waals surface area contributed by atoms with Gasteiger partial charge in [0.25, 0.3) is 6.02 Å². The summed E-state index contributed by atoms with van der Waals surface area (Å²) in [5, 5.41) is 0. The fourth-order valence-corrected chi connectivity index (χ4v) is 4.08. The van der Waals surface area contributed by atoms with Crippen LogP contribution in [0.1, 0.15) is 28.0 Å². The lowest BCUT2D eigenvalue weighted by atomic mass is 9.74. The summed E-state index contributed by atoms with van der Waals surface area (Å²) in [7, 11) is 1.44. The number of hydrogen-bond acceptors (Lipinski definition) is 8. The second kappa shape index (κ2) is 8.54. The van der Waals surface area contributed by atoms with Gasteiger partial charge in [0.1, 0.15) is 29.8 Å². The molecule has 0 saturated carbocycles. The van der Waals surface area contributed by atoms with Gasteiger partial charge in [-0.15, -0.1) is 0 Å². The van der Waals surface area contributed by atoms with Crippen molar-refractivity contribution in [3.63, 3.8) is 0 Å². The van der Waals surface area contributed by atoms with Gasteiger partial charge in [0, 0.05) is 18.4 Å². The maximum absolute atomic E-state index is 14.9. The van der Waals surface area contributed by atoms with Gasteiger partial charge in [-0.1, -0.05) is 6.07 Å². The average molecular weight is 432 g/mol. The Hall–Kier alpha value is -3.14. The molecule has 0 bridgehead atoms. The number of ketones is 1. The molecular formula is C21H22F2N4O4. The van der Waals surface area contributed by atoms with Gasteiger partial charge >= 0.3 is 0 Å². The molecule has 2 aromatic rings. The molecule has 31 heavy (non-hydrogen) atoms. The highest BCUT2D eigenvalue weighted by molar-refractivity contribution is 5.95. The van der Waals surface area contributed by atoms with E-state index in [9.17, 15) is 13.6 Å². The minimum absolute atomic E-state index is 0.0212. The number of benzene rings is 1. The highest BCUT2D eigenvalue weighted by Crippen LogP contribution is 2.44. The van der Waals surface area contributed by atoms with Gasteiger partial charge in [0.05, 0.1) is 38.6 Å². The first-order valence-electron chi connectivity index (χ1n) is 9.80. The van der Waals surface area contributed by atoms with E-state index >= 15 is 0 Å². The Labute approximate surface area is 177 Å². The average Bonchev–Trinajstić information content (AvgIpc) is 2.79. The lowest BCUT2D eigenvalue weighted by Gasteiger charge is -2.45. The number of alkyl halides is 1. The fourth-order valence-electron chi connectivity index (χ4n) is 4.08. The molecule has 0 radical (unpaired) electrons. The molecule has 1 saturated heterocycles. The lowest BCUT2D eigenvalue weighted by molar-refractivity contribution is -0.0785. The normalized spacial score (nSPS) is 25.2. The molecule has 0 aliphatic carbocycles. The van der Waals surface area contributed by atoms with E-state index in [0.29, 0.717) is 18.6 Å². The zero-order chi connectivity index (χ0) is 22.0. The summed E-state index contributed by atoms with van der Waals surface area (Å²) in [6.07, 6.45) is 2.64. The number of hydrogen-bond donors (Lipinski definition) is 1. The number of aliphatic imine (C=N–C) groups is 1. The summed E-state index contributed by atoms with van der Waals surface area (Å²) < 4.78 is 45.5. The molecule has 0 spiro atoms. The number of carbonyl (C=O) groups excluding carboxylic acids is 1. The van der Waals surface area contributed by atoms with Crippen LogP contribution in [0.4, 0.5) is 8.78 Å². The predicted molar refractivity (Wildman–Crippen MR) is 106 cm³/mol. The van der Waals surface area contributed by atoms with E-state index in [1.165, 1.54) is 37.7 Å². The Morgan fingerprint density at radius 1 is 1.35 bits per heavy atom. The summed E-state index contributed by atoms with van der Waals surface area (Å²) in [4.78, 5) is 24.8. The summed E-state index contributed by atoms with van der Waals surface area (Å²) in [5.74, 6) is -1.23.